The number of hydrogen-bond acceptors (Lipinski definition) is 8. The molecule has 0 amide bonds. The van der Waals surface area contributed by atoms with Crippen LogP contribution in [0.3, 0.4) is 0 Å². The molecular weight excluding hydrogens is 354 g/mol. The fraction of sp³-hybridized carbons (Fsp3) is 0.235. The van der Waals surface area contributed by atoms with E-state index in [9.17, 15) is 14.9 Å². The number of nitrogens with one attached hydrogen (secondary N) is 1. The summed E-state index contributed by atoms with van der Waals surface area (Å²) in [5, 5.41) is 14.9. The van der Waals surface area contributed by atoms with Gasteiger partial charge in [-0.25, -0.2) is 9.97 Å². The van der Waals surface area contributed by atoms with E-state index in [4.69, 9.17) is 5.73 Å². The van der Waals surface area contributed by atoms with Crippen molar-refractivity contribution in [3.8, 4) is 11.3 Å². The number of nitro benzene ring substituents is 1. The number of aromatic nitrogens is 2. The lowest BCUT2D eigenvalue weighted by molar-refractivity contribution is -0.384. The summed E-state index contributed by atoms with van der Waals surface area (Å²) in [4.78, 5) is 32.6. The van der Waals surface area contributed by atoms with Gasteiger partial charge in [-0.05, 0) is 12.8 Å². The van der Waals surface area contributed by atoms with Crippen LogP contribution in [0.1, 0.15) is 29.4 Å². The van der Waals surface area contributed by atoms with Crippen LogP contribution >= 0.6 is 11.3 Å². The van der Waals surface area contributed by atoms with Gasteiger partial charge in [-0.1, -0.05) is 12.1 Å². The van der Waals surface area contributed by atoms with Crippen LogP contribution < -0.4 is 11.1 Å². The van der Waals surface area contributed by atoms with E-state index < -0.39 is 4.92 Å². The second-order valence-corrected chi connectivity index (χ2v) is 7.20. The number of nitrogen functional groups attached to an aromatic ring is 1. The van der Waals surface area contributed by atoms with Crippen LogP contribution in [-0.4, -0.2) is 26.7 Å². The minimum absolute atomic E-state index is 0.0356. The van der Waals surface area contributed by atoms with E-state index >= 15 is 0 Å². The highest BCUT2D eigenvalue weighted by Crippen LogP contribution is 2.40. The lowest BCUT2D eigenvalue weighted by atomic mass is 10.1. The molecule has 1 aliphatic carbocycles. The van der Waals surface area contributed by atoms with E-state index in [-0.39, 0.29) is 11.5 Å². The molecule has 0 atom stereocenters. The number of nitrogens with two attached hydrogens (primary N) is 1. The Morgan fingerprint density at radius 2 is 2.15 bits per heavy atom. The minimum atomic E-state index is -0.455. The highest BCUT2D eigenvalue weighted by molar-refractivity contribution is 7.21. The summed E-state index contributed by atoms with van der Waals surface area (Å²) in [6, 6.07) is 6.55. The molecule has 4 rings (SSSR count). The Balaban J connectivity index is 1.97. The van der Waals surface area contributed by atoms with Gasteiger partial charge >= 0.3 is 0 Å². The van der Waals surface area contributed by atoms with E-state index in [1.807, 2.05) is 0 Å². The molecule has 0 radical (unpaired) electrons. The summed E-state index contributed by atoms with van der Waals surface area (Å²) < 4.78 is 0. The molecule has 0 aliphatic heterocycles. The van der Waals surface area contributed by atoms with Crippen molar-refractivity contribution in [1.29, 1.82) is 0 Å². The SMILES string of the molecule is CC(=O)c1sc2nc(NC3CC3)nc(-c3cccc([N+](=O)[O-])c3)c2c1N. The number of nitrogens with zero attached hydrogens (tertiary/aromatic N) is 3. The molecule has 1 aliphatic rings. The number of ketones is 1. The Morgan fingerprint density at radius 3 is 2.81 bits per heavy atom. The molecule has 1 fully saturated rings. The minimum Gasteiger partial charge on any atom is -0.397 e. The van der Waals surface area contributed by atoms with Gasteiger partial charge in [0.2, 0.25) is 5.95 Å². The molecule has 1 aromatic carbocycles. The summed E-state index contributed by atoms with van der Waals surface area (Å²) in [5.41, 5.74) is 7.53. The van der Waals surface area contributed by atoms with Gasteiger partial charge in [-0.3, -0.25) is 14.9 Å². The van der Waals surface area contributed by atoms with Gasteiger partial charge in [0.05, 0.1) is 26.6 Å². The molecule has 1 saturated carbocycles. The first-order valence-corrected chi connectivity index (χ1v) is 8.88. The first-order chi connectivity index (χ1) is 12.4. The quantitative estimate of drug-likeness (QED) is 0.400. The average molecular weight is 369 g/mol. The number of benzene rings is 1. The highest BCUT2D eigenvalue weighted by Gasteiger charge is 2.25. The maximum atomic E-state index is 11.9. The number of hydrogen-bond donors (Lipinski definition) is 2. The third-order valence-electron chi connectivity index (χ3n) is 4.15. The number of carbonyl (C=O) groups is 1. The first kappa shape index (κ1) is 16.4. The van der Waals surface area contributed by atoms with E-state index in [0.717, 1.165) is 12.8 Å². The Bertz CT molecular complexity index is 1060. The third-order valence-corrected chi connectivity index (χ3v) is 5.35. The second-order valence-electron chi connectivity index (χ2n) is 6.20. The number of carbonyl (C=O) groups excluding carboxylic acids is 1. The molecular formula is C17H15N5O3S. The Labute approximate surface area is 152 Å². The fourth-order valence-corrected chi connectivity index (χ4v) is 3.72. The van der Waals surface area contributed by atoms with Crippen LogP contribution in [0.5, 0.6) is 0 Å². The molecule has 26 heavy (non-hydrogen) atoms. The molecule has 3 N–H and O–H groups in total. The standard InChI is InChI=1S/C17H15N5O3S/c1-8(23)15-13(18)12-14(9-3-2-4-11(7-9)22(24)25)20-17(19-10-5-6-10)21-16(12)26-15/h2-4,7,10H,5-6,18H2,1H3,(H,19,20,21). The molecule has 9 heteroatoms. The predicted octanol–water partition coefficient (Wildman–Crippen LogP) is 3.63. The van der Waals surface area contributed by atoms with Crippen LogP contribution in [0, 0.1) is 10.1 Å². The zero-order valence-electron chi connectivity index (χ0n) is 13.9. The smallest absolute Gasteiger partial charge is 0.270 e. The zero-order chi connectivity index (χ0) is 18.4. The molecule has 0 saturated heterocycles. The van der Waals surface area contributed by atoms with Gasteiger partial charge in [-0.2, -0.15) is 0 Å². The van der Waals surface area contributed by atoms with Crippen molar-refractivity contribution in [1.82, 2.24) is 9.97 Å². The summed E-state index contributed by atoms with van der Waals surface area (Å²) in [6.45, 7) is 1.45. The highest BCUT2D eigenvalue weighted by atomic mass is 32.1. The van der Waals surface area contributed by atoms with Crippen LogP contribution in [0.25, 0.3) is 21.5 Å². The molecule has 2 aromatic heterocycles. The normalized spacial score (nSPS) is 13.7. The molecule has 8 nitrogen and oxygen atoms in total. The molecule has 0 bridgehead atoms. The van der Waals surface area contributed by atoms with Gasteiger partial charge in [-0.15, -0.1) is 11.3 Å². The largest absolute Gasteiger partial charge is 0.397 e. The first-order valence-electron chi connectivity index (χ1n) is 8.06. The van der Waals surface area contributed by atoms with Crippen LogP contribution in [-0.2, 0) is 0 Å². The lowest BCUT2D eigenvalue weighted by Crippen LogP contribution is -2.06. The number of anilines is 2. The average Bonchev–Trinajstić information content (AvgIpc) is 3.36. The van der Waals surface area contributed by atoms with E-state index in [2.05, 4.69) is 15.3 Å². The second kappa shape index (κ2) is 6.03. The summed E-state index contributed by atoms with van der Waals surface area (Å²) in [6.07, 6.45) is 2.11. The monoisotopic (exact) mass is 369 g/mol. The number of non-ortho nitro benzene ring substituents is 1. The number of thiophene rings is 1. The van der Waals surface area contributed by atoms with Gasteiger partial charge in [0.25, 0.3) is 5.69 Å². The van der Waals surface area contributed by atoms with Crippen LogP contribution in [0.15, 0.2) is 24.3 Å². The van der Waals surface area contributed by atoms with Gasteiger partial charge in [0.1, 0.15) is 4.83 Å². The van der Waals surface area contributed by atoms with Crippen LogP contribution in [0.2, 0.25) is 0 Å². The molecule has 0 unspecified atom stereocenters. The van der Waals surface area contributed by atoms with Crippen molar-refractivity contribution >= 4 is 44.7 Å². The fourth-order valence-electron chi connectivity index (χ4n) is 2.73. The van der Waals surface area contributed by atoms with Gasteiger partial charge in [0, 0.05) is 30.7 Å². The van der Waals surface area contributed by atoms with E-state index in [1.165, 1.54) is 30.4 Å². The van der Waals surface area contributed by atoms with Crippen molar-refractivity contribution in [2.75, 3.05) is 11.1 Å². The molecule has 3 aromatic rings. The third kappa shape index (κ3) is 2.86. The molecule has 2 heterocycles. The topological polar surface area (TPSA) is 124 Å². The van der Waals surface area contributed by atoms with Crippen molar-refractivity contribution < 1.29 is 9.72 Å². The van der Waals surface area contributed by atoms with Gasteiger partial charge < -0.3 is 11.1 Å². The maximum absolute atomic E-state index is 11.9. The maximum Gasteiger partial charge on any atom is 0.270 e. The molecule has 0 spiro atoms. The van der Waals surface area contributed by atoms with Crippen molar-refractivity contribution in [3.05, 3.63) is 39.3 Å². The lowest BCUT2D eigenvalue weighted by Gasteiger charge is -2.08. The summed E-state index contributed by atoms with van der Waals surface area (Å²) in [5.74, 6) is 0.296. The number of rotatable bonds is 5. The number of Topliss-reactive ketones (excluding diaryl/α,β-unsaturated/α-hetero) is 1. The van der Waals surface area contributed by atoms with E-state index in [0.29, 0.717) is 44.0 Å². The summed E-state index contributed by atoms with van der Waals surface area (Å²) >= 11 is 1.21. The Morgan fingerprint density at radius 1 is 1.38 bits per heavy atom. The van der Waals surface area contributed by atoms with Crippen molar-refractivity contribution in [2.24, 2.45) is 0 Å². The Kier molecular flexibility index (Phi) is 3.80. The predicted molar refractivity (Wildman–Crippen MR) is 101 cm³/mol. The zero-order valence-corrected chi connectivity index (χ0v) is 14.7. The number of fused-ring (bicyclic) bond motifs is 1. The van der Waals surface area contributed by atoms with E-state index in [1.54, 1.807) is 12.1 Å². The number of nitro groups is 1. The van der Waals surface area contributed by atoms with Gasteiger partial charge in [0.15, 0.2) is 5.78 Å². The van der Waals surface area contributed by atoms with Crippen molar-refractivity contribution in [2.45, 2.75) is 25.8 Å². The summed E-state index contributed by atoms with van der Waals surface area (Å²) in [7, 11) is 0. The molecule has 132 valence electrons. The van der Waals surface area contributed by atoms with Crippen molar-refractivity contribution in [3.63, 3.8) is 0 Å². The van der Waals surface area contributed by atoms with Crippen LogP contribution in [0.4, 0.5) is 17.3 Å². The Hall–Kier alpha value is -3.07.